The average Bonchev–Trinajstić information content (AvgIpc) is 2.66. The molecule has 0 unspecified atom stereocenters. The minimum Gasteiger partial charge on any atom is -0.366 e. The van der Waals surface area contributed by atoms with Crippen LogP contribution in [-0.4, -0.2) is 36.8 Å². The van der Waals surface area contributed by atoms with Crippen molar-refractivity contribution < 1.29 is 19.3 Å². The molecule has 2 fully saturated rings. The maximum absolute atomic E-state index is 12.3. The van der Waals surface area contributed by atoms with E-state index in [0.29, 0.717) is 24.6 Å². The van der Waals surface area contributed by atoms with Crippen LogP contribution in [0.2, 0.25) is 0 Å². The van der Waals surface area contributed by atoms with Crippen LogP contribution in [0.25, 0.3) is 0 Å². The molecule has 0 aromatic heterocycles. The Kier molecular flexibility index (Phi) is 6.05. The highest BCUT2D eigenvalue weighted by molar-refractivity contribution is 5.95. The molecule has 2 aliphatic rings. The number of hydroxylamine groups is 1. The first-order valence-electron chi connectivity index (χ1n) is 9.15. The second-order valence-corrected chi connectivity index (χ2v) is 7.00. The highest BCUT2D eigenvalue weighted by Crippen LogP contribution is 2.32. The van der Waals surface area contributed by atoms with E-state index in [-0.39, 0.29) is 11.3 Å². The molecule has 142 valence electrons. The molecule has 2 saturated heterocycles. The van der Waals surface area contributed by atoms with Crippen molar-refractivity contribution in [3.05, 3.63) is 33.9 Å². The molecule has 1 aromatic rings. The van der Waals surface area contributed by atoms with Crippen molar-refractivity contribution in [3.63, 3.8) is 0 Å². The molecule has 0 bridgehead atoms. The largest absolute Gasteiger partial charge is 0.366 e. The highest BCUT2D eigenvalue weighted by atomic mass is 16.8. The smallest absolute Gasteiger partial charge is 0.293 e. The van der Waals surface area contributed by atoms with Crippen LogP contribution in [-0.2, 0) is 9.57 Å². The first-order valence-corrected chi connectivity index (χ1v) is 9.15. The Morgan fingerprint density at radius 2 is 2.19 bits per heavy atom. The van der Waals surface area contributed by atoms with Gasteiger partial charge in [0.15, 0.2) is 6.29 Å². The summed E-state index contributed by atoms with van der Waals surface area (Å²) in [7, 11) is 0. The third-order valence-corrected chi connectivity index (χ3v) is 4.85. The van der Waals surface area contributed by atoms with Gasteiger partial charge in [0.05, 0.1) is 4.92 Å². The van der Waals surface area contributed by atoms with E-state index < -0.39 is 17.1 Å². The fraction of sp³-hybridized carbons (Fsp3) is 0.611. The molecule has 3 rings (SSSR count). The lowest BCUT2D eigenvalue weighted by Crippen LogP contribution is -2.35. The molecule has 1 N–H and O–H groups in total. The second-order valence-electron chi connectivity index (χ2n) is 7.00. The zero-order valence-electron chi connectivity index (χ0n) is 15.0. The van der Waals surface area contributed by atoms with Gasteiger partial charge in [0, 0.05) is 37.7 Å². The monoisotopic (exact) mass is 363 g/mol. The van der Waals surface area contributed by atoms with Crippen LogP contribution < -0.4 is 10.4 Å². The lowest BCUT2D eigenvalue weighted by Gasteiger charge is -2.32. The molecule has 0 aliphatic carbocycles. The number of amides is 1. The van der Waals surface area contributed by atoms with Gasteiger partial charge in [-0.05, 0) is 43.7 Å². The summed E-state index contributed by atoms with van der Waals surface area (Å²) in [6.45, 7) is 4.33. The normalized spacial score (nSPS) is 23.5. The number of nitro groups is 1. The Bertz CT molecular complexity index is 660. The molecule has 26 heavy (non-hydrogen) atoms. The number of hydrogen-bond donors (Lipinski definition) is 1. The van der Waals surface area contributed by atoms with E-state index in [9.17, 15) is 14.9 Å². The van der Waals surface area contributed by atoms with Crippen molar-refractivity contribution in [2.75, 3.05) is 24.6 Å². The molecule has 0 spiro atoms. The second kappa shape index (κ2) is 8.46. The fourth-order valence-electron chi connectivity index (χ4n) is 3.47. The van der Waals surface area contributed by atoms with Gasteiger partial charge in [-0.15, -0.1) is 0 Å². The van der Waals surface area contributed by atoms with Crippen molar-refractivity contribution in [1.82, 2.24) is 5.48 Å². The molecule has 0 saturated carbocycles. The van der Waals surface area contributed by atoms with Gasteiger partial charge >= 0.3 is 0 Å². The van der Waals surface area contributed by atoms with E-state index in [0.717, 1.165) is 38.8 Å². The lowest BCUT2D eigenvalue weighted by molar-refractivity contribution is -0.384. The number of anilines is 1. The Hall–Kier alpha value is -2.19. The first kappa shape index (κ1) is 18.6. The van der Waals surface area contributed by atoms with Crippen LogP contribution in [0.4, 0.5) is 11.4 Å². The SMILES string of the molecule is C[C@H]1CCCN(c2ccc(C(=O)NO[C@H]3CCCCO3)cc2[N+](=O)[O-])C1. The van der Waals surface area contributed by atoms with Crippen molar-refractivity contribution in [2.45, 2.75) is 45.3 Å². The van der Waals surface area contributed by atoms with Crippen LogP contribution in [0.3, 0.4) is 0 Å². The average molecular weight is 363 g/mol. The quantitative estimate of drug-likeness (QED) is 0.638. The molecule has 0 radical (unpaired) electrons. The molecule has 1 amide bonds. The number of ether oxygens (including phenoxy) is 1. The van der Waals surface area contributed by atoms with Crippen molar-refractivity contribution in [1.29, 1.82) is 0 Å². The number of hydrogen-bond acceptors (Lipinski definition) is 6. The van der Waals surface area contributed by atoms with Crippen LogP contribution >= 0.6 is 0 Å². The van der Waals surface area contributed by atoms with Crippen molar-refractivity contribution >= 4 is 17.3 Å². The Labute approximate surface area is 152 Å². The summed E-state index contributed by atoms with van der Waals surface area (Å²) < 4.78 is 5.38. The summed E-state index contributed by atoms with van der Waals surface area (Å²) in [5.74, 6) is -0.0175. The molecule has 8 nitrogen and oxygen atoms in total. The highest BCUT2D eigenvalue weighted by Gasteiger charge is 2.25. The number of piperidine rings is 1. The first-order chi connectivity index (χ1) is 12.5. The Morgan fingerprint density at radius 1 is 1.35 bits per heavy atom. The molecule has 2 aliphatic heterocycles. The predicted octanol–water partition coefficient (Wildman–Crippen LogP) is 3.02. The minimum atomic E-state index is -0.513. The van der Waals surface area contributed by atoms with E-state index in [2.05, 4.69) is 12.4 Å². The Balaban J connectivity index is 1.70. The molecular formula is C18H25N3O5. The number of carbonyl (C=O) groups excluding carboxylic acids is 1. The van der Waals surface area contributed by atoms with Crippen LogP contribution in [0.15, 0.2) is 18.2 Å². The molecule has 8 heteroatoms. The van der Waals surface area contributed by atoms with E-state index >= 15 is 0 Å². The number of benzene rings is 1. The number of nitrogens with zero attached hydrogens (tertiary/aromatic N) is 2. The third-order valence-electron chi connectivity index (χ3n) is 4.85. The topological polar surface area (TPSA) is 93.9 Å². The Morgan fingerprint density at radius 3 is 2.88 bits per heavy atom. The summed E-state index contributed by atoms with van der Waals surface area (Å²) in [5, 5.41) is 11.5. The summed E-state index contributed by atoms with van der Waals surface area (Å²) in [5.41, 5.74) is 3.05. The van der Waals surface area contributed by atoms with Gasteiger partial charge in [0.25, 0.3) is 11.6 Å². The standard InChI is InChI=1S/C18H25N3O5/c1-13-5-4-9-20(12-13)15-8-7-14(11-16(15)21(23)24)18(22)19-26-17-6-2-3-10-25-17/h7-8,11,13,17H,2-6,9-10,12H2,1H3,(H,19,22)/t13-,17-/m0/s1. The summed E-state index contributed by atoms with van der Waals surface area (Å²) in [6, 6.07) is 4.57. The molecule has 1 aromatic carbocycles. The summed E-state index contributed by atoms with van der Waals surface area (Å²) >= 11 is 0. The fourth-order valence-corrected chi connectivity index (χ4v) is 3.47. The number of nitrogens with one attached hydrogen (secondary N) is 1. The van der Waals surface area contributed by atoms with Gasteiger partial charge in [-0.25, -0.2) is 10.3 Å². The van der Waals surface area contributed by atoms with E-state index in [1.54, 1.807) is 12.1 Å². The van der Waals surface area contributed by atoms with Crippen LogP contribution in [0, 0.1) is 16.0 Å². The molecule has 2 atom stereocenters. The molecule has 2 heterocycles. The van der Waals surface area contributed by atoms with E-state index in [4.69, 9.17) is 9.57 Å². The maximum Gasteiger partial charge on any atom is 0.293 e. The van der Waals surface area contributed by atoms with Crippen molar-refractivity contribution in [2.24, 2.45) is 5.92 Å². The number of carbonyl (C=O) groups is 1. The number of rotatable bonds is 5. The van der Waals surface area contributed by atoms with Gasteiger partial charge < -0.3 is 9.64 Å². The third kappa shape index (κ3) is 4.50. The maximum atomic E-state index is 12.3. The van der Waals surface area contributed by atoms with Crippen molar-refractivity contribution in [3.8, 4) is 0 Å². The summed E-state index contributed by atoms with van der Waals surface area (Å²) in [4.78, 5) is 30.6. The number of nitro benzene ring substituents is 1. The minimum absolute atomic E-state index is 0.0549. The van der Waals surface area contributed by atoms with Gasteiger partial charge in [-0.3, -0.25) is 14.9 Å². The van der Waals surface area contributed by atoms with Crippen LogP contribution in [0.1, 0.15) is 49.4 Å². The van der Waals surface area contributed by atoms with Gasteiger partial charge in [-0.2, -0.15) is 0 Å². The van der Waals surface area contributed by atoms with Gasteiger partial charge in [0.1, 0.15) is 5.69 Å². The summed E-state index contributed by atoms with van der Waals surface area (Å²) in [6.07, 6.45) is 4.36. The van der Waals surface area contributed by atoms with E-state index in [1.807, 2.05) is 4.90 Å². The lowest BCUT2D eigenvalue weighted by atomic mass is 9.99. The van der Waals surface area contributed by atoms with Gasteiger partial charge in [-0.1, -0.05) is 6.92 Å². The van der Waals surface area contributed by atoms with Crippen LogP contribution in [0.5, 0.6) is 0 Å². The van der Waals surface area contributed by atoms with Gasteiger partial charge in [0.2, 0.25) is 0 Å². The van der Waals surface area contributed by atoms with E-state index in [1.165, 1.54) is 6.07 Å². The predicted molar refractivity (Wildman–Crippen MR) is 95.8 cm³/mol. The molecular weight excluding hydrogens is 338 g/mol. The zero-order chi connectivity index (χ0) is 18.5. The zero-order valence-corrected chi connectivity index (χ0v) is 15.0.